The number of aryl methyl sites for hydroxylation is 3. The molecule has 1 unspecified atom stereocenters. The summed E-state index contributed by atoms with van der Waals surface area (Å²) in [6.07, 6.45) is 4.73. The van der Waals surface area contributed by atoms with Gasteiger partial charge >= 0.3 is 0 Å². The number of nitrogens with zero attached hydrogens (tertiary/aromatic N) is 10. The summed E-state index contributed by atoms with van der Waals surface area (Å²) in [5.41, 5.74) is 9.74. The SMILES string of the molecule is [2H]C(C)(Nc1ccc(Cl)nc1-c1nnn(C)n1)c1cc(C)cc2c(=O)n(C)c3c(-c4cnc(N)nc4)ncn3c12. The Bertz CT molecular complexity index is 1990. The molecule has 0 saturated carbocycles. The van der Waals surface area contributed by atoms with Crippen LogP contribution in [0.3, 0.4) is 0 Å². The first-order chi connectivity index (χ1) is 19.0. The number of rotatable bonds is 5. The normalized spacial score (nSPS) is 13.5. The minimum Gasteiger partial charge on any atom is -0.377 e. The van der Waals surface area contributed by atoms with Crippen molar-refractivity contribution in [3.05, 3.63) is 69.6 Å². The van der Waals surface area contributed by atoms with Gasteiger partial charge in [-0.05, 0) is 48.4 Å². The summed E-state index contributed by atoms with van der Waals surface area (Å²) in [5.74, 6) is 0.381. The van der Waals surface area contributed by atoms with E-state index < -0.39 is 6.02 Å². The van der Waals surface area contributed by atoms with E-state index in [4.69, 9.17) is 17.3 Å². The van der Waals surface area contributed by atoms with Crippen LogP contribution in [0.2, 0.25) is 5.15 Å². The van der Waals surface area contributed by atoms with Crippen LogP contribution in [0.25, 0.3) is 39.3 Å². The van der Waals surface area contributed by atoms with Crippen LogP contribution in [-0.4, -0.2) is 49.1 Å². The van der Waals surface area contributed by atoms with Crippen molar-refractivity contribution in [2.75, 3.05) is 11.1 Å². The number of tetrazole rings is 1. The standard InChI is InChI=1S/C25H23ClN12O/c1-12-7-15(13(2)31-17-5-6-18(26)32-20(17)22-33-35-37(4)34-22)21-16(8-12)24(39)36(3)23-19(30-11-38(21)23)14-9-28-25(27)29-10-14/h5-11,13,31H,1-4H3,(H2,27,28,29)/i13D. The number of halogens is 1. The fraction of sp³-hybridized carbons (Fsp3) is 0.200. The van der Waals surface area contributed by atoms with Crippen LogP contribution in [0, 0.1) is 6.92 Å². The number of nitrogens with two attached hydrogens (primary N) is 1. The van der Waals surface area contributed by atoms with Crippen molar-refractivity contribution in [3.63, 3.8) is 0 Å². The number of imidazole rings is 1. The van der Waals surface area contributed by atoms with Gasteiger partial charge in [0.2, 0.25) is 11.8 Å². The highest BCUT2D eigenvalue weighted by Crippen LogP contribution is 2.33. The van der Waals surface area contributed by atoms with Gasteiger partial charge in [0.15, 0.2) is 0 Å². The number of nitrogens with one attached hydrogen (secondary N) is 1. The Balaban J connectivity index is 1.58. The van der Waals surface area contributed by atoms with Gasteiger partial charge < -0.3 is 11.1 Å². The minimum atomic E-state index is -1.47. The third kappa shape index (κ3) is 4.12. The summed E-state index contributed by atoms with van der Waals surface area (Å²) in [4.78, 5) is 32.1. The fourth-order valence-corrected chi connectivity index (χ4v) is 4.76. The number of fused-ring (bicyclic) bond motifs is 3. The maximum Gasteiger partial charge on any atom is 0.261 e. The molecule has 3 N–H and O–H groups in total. The number of nitrogen functional groups attached to an aromatic ring is 1. The molecular formula is C25H23ClN12O. The van der Waals surface area contributed by atoms with Crippen LogP contribution >= 0.6 is 11.6 Å². The molecule has 39 heavy (non-hydrogen) atoms. The van der Waals surface area contributed by atoms with Gasteiger partial charge in [0.05, 0.1) is 31.0 Å². The maximum atomic E-state index is 13.7. The smallest absolute Gasteiger partial charge is 0.261 e. The van der Waals surface area contributed by atoms with E-state index in [0.29, 0.717) is 44.8 Å². The van der Waals surface area contributed by atoms with Gasteiger partial charge in [-0.3, -0.25) is 13.8 Å². The summed E-state index contributed by atoms with van der Waals surface area (Å²) in [6.45, 7) is 3.57. The van der Waals surface area contributed by atoms with Gasteiger partial charge in [0.1, 0.15) is 28.5 Å². The van der Waals surface area contributed by atoms with Gasteiger partial charge in [-0.25, -0.2) is 19.9 Å². The largest absolute Gasteiger partial charge is 0.377 e. The lowest BCUT2D eigenvalue weighted by molar-refractivity contribution is 0.630. The van der Waals surface area contributed by atoms with Crippen LogP contribution in [0.5, 0.6) is 0 Å². The number of hydrogen-bond acceptors (Lipinski definition) is 10. The second-order valence-corrected chi connectivity index (χ2v) is 9.46. The number of pyridine rings is 1. The summed E-state index contributed by atoms with van der Waals surface area (Å²) >= 11 is 6.19. The highest BCUT2D eigenvalue weighted by atomic mass is 35.5. The summed E-state index contributed by atoms with van der Waals surface area (Å²) in [7, 11) is 3.32. The van der Waals surface area contributed by atoms with E-state index in [1.165, 1.54) is 9.36 Å². The van der Waals surface area contributed by atoms with E-state index in [1.54, 1.807) is 62.3 Å². The topological polar surface area (TPSA) is 160 Å². The molecule has 5 heterocycles. The van der Waals surface area contributed by atoms with Crippen molar-refractivity contribution in [2.45, 2.75) is 19.9 Å². The van der Waals surface area contributed by atoms with Gasteiger partial charge in [-0.2, -0.15) is 4.80 Å². The molecule has 0 spiro atoms. The molecule has 1 atom stereocenters. The number of anilines is 2. The van der Waals surface area contributed by atoms with Crippen molar-refractivity contribution in [1.29, 1.82) is 0 Å². The molecule has 0 bridgehead atoms. The highest BCUT2D eigenvalue weighted by Gasteiger charge is 2.22. The molecule has 6 rings (SSSR count). The Kier molecular flexibility index (Phi) is 5.44. The third-order valence-corrected chi connectivity index (χ3v) is 6.55. The predicted molar refractivity (Wildman–Crippen MR) is 147 cm³/mol. The maximum absolute atomic E-state index is 13.7. The summed E-state index contributed by atoms with van der Waals surface area (Å²) < 4.78 is 12.8. The molecule has 0 fully saturated rings. The van der Waals surface area contributed by atoms with Gasteiger partial charge in [-0.15, -0.1) is 10.2 Å². The molecule has 0 aliphatic carbocycles. The van der Waals surface area contributed by atoms with Gasteiger partial charge in [0, 0.05) is 25.0 Å². The summed E-state index contributed by atoms with van der Waals surface area (Å²) in [6, 6.07) is 5.53. The van der Waals surface area contributed by atoms with Crippen molar-refractivity contribution in [2.24, 2.45) is 14.1 Å². The first-order valence-electron chi connectivity index (χ1n) is 12.3. The average Bonchev–Trinajstić information content (AvgIpc) is 3.55. The van der Waals surface area contributed by atoms with Gasteiger partial charge in [0.25, 0.3) is 5.56 Å². The average molecular weight is 544 g/mol. The highest BCUT2D eigenvalue weighted by molar-refractivity contribution is 6.29. The van der Waals surface area contributed by atoms with E-state index in [9.17, 15) is 6.17 Å². The molecule has 1 aromatic carbocycles. The van der Waals surface area contributed by atoms with Crippen LogP contribution in [0.4, 0.5) is 11.6 Å². The van der Waals surface area contributed by atoms with Crippen LogP contribution in [-0.2, 0) is 14.1 Å². The van der Waals surface area contributed by atoms with Crippen molar-refractivity contribution < 1.29 is 1.37 Å². The second kappa shape index (κ2) is 9.13. The van der Waals surface area contributed by atoms with Crippen LogP contribution in [0.15, 0.2) is 47.8 Å². The predicted octanol–water partition coefficient (Wildman–Crippen LogP) is 2.95. The first kappa shape index (κ1) is 23.2. The van der Waals surface area contributed by atoms with Crippen molar-refractivity contribution in [1.82, 2.24) is 49.1 Å². The lowest BCUT2D eigenvalue weighted by Crippen LogP contribution is -2.21. The van der Waals surface area contributed by atoms with E-state index in [0.717, 1.165) is 5.56 Å². The minimum absolute atomic E-state index is 0.133. The number of benzene rings is 1. The Morgan fingerprint density at radius 2 is 1.90 bits per heavy atom. The monoisotopic (exact) mass is 543 g/mol. The van der Waals surface area contributed by atoms with E-state index in [2.05, 4.69) is 40.7 Å². The third-order valence-electron chi connectivity index (χ3n) is 6.34. The quantitative estimate of drug-likeness (QED) is 0.309. The van der Waals surface area contributed by atoms with Crippen LogP contribution in [0.1, 0.15) is 25.4 Å². The number of aromatic nitrogens is 10. The molecular weight excluding hydrogens is 520 g/mol. The molecule has 196 valence electrons. The zero-order valence-electron chi connectivity index (χ0n) is 22.4. The molecule has 0 radical (unpaired) electrons. The zero-order valence-corrected chi connectivity index (χ0v) is 22.1. The van der Waals surface area contributed by atoms with E-state index >= 15 is 0 Å². The zero-order chi connectivity index (χ0) is 28.3. The molecule has 14 heteroatoms. The Morgan fingerprint density at radius 1 is 1.13 bits per heavy atom. The molecule has 0 saturated heterocycles. The van der Waals surface area contributed by atoms with Crippen molar-refractivity contribution >= 4 is 39.8 Å². The molecule has 0 aliphatic heterocycles. The van der Waals surface area contributed by atoms with Crippen LogP contribution < -0.4 is 16.6 Å². The molecule has 13 nitrogen and oxygen atoms in total. The lowest BCUT2D eigenvalue weighted by Gasteiger charge is -2.21. The van der Waals surface area contributed by atoms with E-state index in [-0.39, 0.29) is 22.5 Å². The van der Waals surface area contributed by atoms with Crippen molar-refractivity contribution in [3.8, 4) is 22.8 Å². The van der Waals surface area contributed by atoms with E-state index in [1.807, 2.05) is 13.0 Å². The second-order valence-electron chi connectivity index (χ2n) is 9.07. The Hall–Kier alpha value is -4.91. The molecule has 6 aromatic rings. The summed E-state index contributed by atoms with van der Waals surface area (Å²) in [5, 5.41) is 16.1. The lowest BCUT2D eigenvalue weighted by atomic mass is 10.0. The Morgan fingerprint density at radius 3 is 2.62 bits per heavy atom. The number of hydrogen-bond donors (Lipinski definition) is 2. The first-order valence-corrected chi connectivity index (χ1v) is 12.2. The fourth-order valence-electron chi connectivity index (χ4n) is 4.61. The van der Waals surface area contributed by atoms with Gasteiger partial charge in [-0.1, -0.05) is 17.7 Å². The molecule has 0 amide bonds. The Labute approximate surface area is 227 Å². The molecule has 5 aromatic heterocycles. The molecule has 0 aliphatic rings.